The zero-order valence-electron chi connectivity index (χ0n) is 9.24. The lowest BCUT2D eigenvalue weighted by Gasteiger charge is -2.06. The SMILES string of the molecule is CCONC(=O)c1cccc(NC(C)=O)c1. The highest BCUT2D eigenvalue weighted by Gasteiger charge is 2.05. The molecule has 0 atom stereocenters. The van der Waals surface area contributed by atoms with Gasteiger partial charge < -0.3 is 5.32 Å². The molecule has 0 heterocycles. The van der Waals surface area contributed by atoms with Crippen molar-refractivity contribution in [2.45, 2.75) is 13.8 Å². The van der Waals surface area contributed by atoms with Gasteiger partial charge in [-0.3, -0.25) is 14.4 Å². The van der Waals surface area contributed by atoms with E-state index in [1.54, 1.807) is 31.2 Å². The normalized spacial score (nSPS) is 9.62. The van der Waals surface area contributed by atoms with Crippen LogP contribution in [0.15, 0.2) is 24.3 Å². The standard InChI is InChI=1S/C11H14N2O3/c1-3-16-13-11(15)9-5-4-6-10(7-9)12-8(2)14/h4-7H,3H2,1-2H3,(H,12,14)(H,13,15). The highest BCUT2D eigenvalue weighted by molar-refractivity contribution is 5.96. The molecule has 1 aromatic carbocycles. The number of hydrogen-bond acceptors (Lipinski definition) is 3. The fourth-order valence-electron chi connectivity index (χ4n) is 1.14. The van der Waals surface area contributed by atoms with Crippen molar-refractivity contribution in [1.29, 1.82) is 0 Å². The van der Waals surface area contributed by atoms with Gasteiger partial charge in [-0.05, 0) is 25.1 Å². The molecule has 1 rings (SSSR count). The monoisotopic (exact) mass is 222 g/mol. The van der Waals surface area contributed by atoms with Gasteiger partial charge in [0.05, 0.1) is 6.61 Å². The summed E-state index contributed by atoms with van der Waals surface area (Å²) in [6, 6.07) is 6.61. The minimum absolute atomic E-state index is 0.178. The van der Waals surface area contributed by atoms with Gasteiger partial charge in [-0.25, -0.2) is 5.48 Å². The van der Waals surface area contributed by atoms with Crippen LogP contribution in [-0.4, -0.2) is 18.4 Å². The number of benzene rings is 1. The van der Waals surface area contributed by atoms with Gasteiger partial charge >= 0.3 is 0 Å². The molecule has 0 aliphatic rings. The molecule has 0 radical (unpaired) electrons. The molecule has 2 N–H and O–H groups in total. The fourth-order valence-corrected chi connectivity index (χ4v) is 1.14. The Labute approximate surface area is 93.7 Å². The minimum Gasteiger partial charge on any atom is -0.326 e. The summed E-state index contributed by atoms with van der Waals surface area (Å²) in [5.74, 6) is -0.517. The van der Waals surface area contributed by atoms with Gasteiger partial charge in [-0.15, -0.1) is 0 Å². The van der Waals surface area contributed by atoms with Crippen LogP contribution in [0.4, 0.5) is 5.69 Å². The maximum Gasteiger partial charge on any atom is 0.274 e. The zero-order chi connectivity index (χ0) is 12.0. The summed E-state index contributed by atoms with van der Waals surface area (Å²) >= 11 is 0. The number of amides is 2. The number of hydroxylamine groups is 1. The maximum atomic E-state index is 11.5. The molecule has 1 aromatic rings. The number of hydrogen-bond donors (Lipinski definition) is 2. The van der Waals surface area contributed by atoms with E-state index in [-0.39, 0.29) is 11.8 Å². The van der Waals surface area contributed by atoms with Crippen molar-refractivity contribution < 1.29 is 14.4 Å². The first-order valence-electron chi connectivity index (χ1n) is 4.93. The molecule has 0 aromatic heterocycles. The van der Waals surface area contributed by atoms with Crippen molar-refractivity contribution in [1.82, 2.24) is 5.48 Å². The molecule has 16 heavy (non-hydrogen) atoms. The summed E-state index contributed by atoms with van der Waals surface area (Å²) in [5, 5.41) is 2.60. The largest absolute Gasteiger partial charge is 0.326 e. The molecule has 5 nitrogen and oxygen atoms in total. The van der Waals surface area contributed by atoms with E-state index >= 15 is 0 Å². The molecule has 0 fully saturated rings. The molecular formula is C11H14N2O3. The molecule has 2 amide bonds. The summed E-state index contributed by atoms with van der Waals surface area (Å²) in [7, 11) is 0. The van der Waals surface area contributed by atoms with E-state index in [0.717, 1.165) is 0 Å². The molecule has 5 heteroatoms. The Morgan fingerprint density at radius 3 is 2.75 bits per heavy atom. The first-order valence-corrected chi connectivity index (χ1v) is 4.93. The average molecular weight is 222 g/mol. The smallest absolute Gasteiger partial charge is 0.274 e. The third kappa shape index (κ3) is 3.70. The van der Waals surface area contributed by atoms with Gasteiger partial charge in [0.15, 0.2) is 0 Å². The Bertz CT molecular complexity index is 391. The lowest BCUT2D eigenvalue weighted by atomic mass is 10.2. The summed E-state index contributed by atoms with van der Waals surface area (Å²) in [6.45, 7) is 3.58. The number of carbonyl (C=O) groups is 2. The molecule has 0 saturated heterocycles. The first kappa shape index (κ1) is 12.2. The number of carbonyl (C=O) groups excluding carboxylic acids is 2. The van der Waals surface area contributed by atoms with Crippen LogP contribution in [0.1, 0.15) is 24.2 Å². The second kappa shape index (κ2) is 5.87. The molecule has 0 saturated carbocycles. The van der Waals surface area contributed by atoms with Crippen LogP contribution in [-0.2, 0) is 9.63 Å². The van der Waals surface area contributed by atoms with Crippen LogP contribution in [0.2, 0.25) is 0 Å². The summed E-state index contributed by atoms with van der Waals surface area (Å²) in [4.78, 5) is 27.1. The van der Waals surface area contributed by atoms with E-state index in [9.17, 15) is 9.59 Å². The second-order valence-electron chi connectivity index (χ2n) is 3.13. The molecule has 0 aliphatic heterocycles. The van der Waals surface area contributed by atoms with Gasteiger partial charge in [0.2, 0.25) is 5.91 Å². The Morgan fingerprint density at radius 1 is 1.38 bits per heavy atom. The van der Waals surface area contributed by atoms with Gasteiger partial charge in [0.1, 0.15) is 0 Å². The van der Waals surface area contributed by atoms with Crippen LogP contribution in [0.25, 0.3) is 0 Å². The maximum absolute atomic E-state index is 11.5. The predicted octanol–water partition coefficient (Wildman–Crippen LogP) is 1.33. The number of nitrogens with one attached hydrogen (secondary N) is 2. The average Bonchev–Trinajstić information content (AvgIpc) is 2.25. The van der Waals surface area contributed by atoms with E-state index in [2.05, 4.69) is 10.8 Å². The van der Waals surface area contributed by atoms with E-state index < -0.39 is 0 Å². The predicted molar refractivity (Wildman–Crippen MR) is 59.8 cm³/mol. The Balaban J connectivity index is 2.73. The van der Waals surface area contributed by atoms with Crippen molar-refractivity contribution >= 4 is 17.5 Å². The molecule has 0 unspecified atom stereocenters. The van der Waals surface area contributed by atoms with Crippen LogP contribution >= 0.6 is 0 Å². The van der Waals surface area contributed by atoms with E-state index in [1.165, 1.54) is 6.92 Å². The molecule has 0 spiro atoms. The molecule has 0 bridgehead atoms. The number of anilines is 1. The molecule has 0 aliphatic carbocycles. The van der Waals surface area contributed by atoms with Crippen molar-refractivity contribution in [3.05, 3.63) is 29.8 Å². The third-order valence-electron chi connectivity index (χ3n) is 1.75. The van der Waals surface area contributed by atoms with Crippen molar-refractivity contribution in [3.8, 4) is 0 Å². The van der Waals surface area contributed by atoms with Crippen molar-refractivity contribution in [3.63, 3.8) is 0 Å². The number of rotatable bonds is 4. The van der Waals surface area contributed by atoms with E-state index in [4.69, 9.17) is 4.84 Å². The third-order valence-corrected chi connectivity index (χ3v) is 1.75. The Morgan fingerprint density at radius 2 is 2.12 bits per heavy atom. The minimum atomic E-state index is -0.339. The van der Waals surface area contributed by atoms with Gasteiger partial charge in [0.25, 0.3) is 5.91 Å². The lowest BCUT2D eigenvalue weighted by Crippen LogP contribution is -2.23. The topological polar surface area (TPSA) is 67.4 Å². The van der Waals surface area contributed by atoms with Gasteiger partial charge in [-0.1, -0.05) is 6.07 Å². The zero-order valence-corrected chi connectivity index (χ0v) is 9.24. The fraction of sp³-hybridized carbons (Fsp3) is 0.273. The summed E-state index contributed by atoms with van der Waals surface area (Å²) in [5.41, 5.74) is 3.29. The first-order chi connectivity index (χ1) is 7.63. The molecule has 86 valence electrons. The van der Waals surface area contributed by atoms with E-state index in [0.29, 0.717) is 17.9 Å². The molecular weight excluding hydrogens is 208 g/mol. The van der Waals surface area contributed by atoms with Crippen LogP contribution in [0.3, 0.4) is 0 Å². The summed E-state index contributed by atoms with van der Waals surface area (Å²) in [6.07, 6.45) is 0. The highest BCUT2D eigenvalue weighted by atomic mass is 16.6. The van der Waals surface area contributed by atoms with Crippen LogP contribution in [0, 0.1) is 0 Å². The quantitative estimate of drug-likeness (QED) is 0.755. The van der Waals surface area contributed by atoms with Crippen LogP contribution in [0.5, 0.6) is 0 Å². The van der Waals surface area contributed by atoms with Gasteiger partial charge in [0, 0.05) is 18.2 Å². The van der Waals surface area contributed by atoms with Gasteiger partial charge in [-0.2, -0.15) is 0 Å². The van der Waals surface area contributed by atoms with Crippen molar-refractivity contribution in [2.75, 3.05) is 11.9 Å². The second-order valence-corrected chi connectivity index (χ2v) is 3.13. The lowest BCUT2D eigenvalue weighted by molar-refractivity contribution is -0.114. The Kier molecular flexibility index (Phi) is 4.47. The summed E-state index contributed by atoms with van der Waals surface area (Å²) < 4.78 is 0. The van der Waals surface area contributed by atoms with Crippen molar-refractivity contribution in [2.24, 2.45) is 0 Å². The van der Waals surface area contributed by atoms with Crippen LogP contribution < -0.4 is 10.8 Å². The Hall–Kier alpha value is -1.88. The highest BCUT2D eigenvalue weighted by Crippen LogP contribution is 2.10. The van der Waals surface area contributed by atoms with E-state index in [1.807, 2.05) is 0 Å².